The highest BCUT2D eigenvalue weighted by molar-refractivity contribution is 9.11. The van der Waals surface area contributed by atoms with E-state index in [9.17, 15) is 24.3 Å². The van der Waals surface area contributed by atoms with Gasteiger partial charge in [-0.05, 0) is 43.0 Å². The Morgan fingerprint density at radius 1 is 1.00 bits per heavy atom. The van der Waals surface area contributed by atoms with E-state index in [4.69, 9.17) is 21.1 Å². The SMILES string of the molecule is O=C1CC/C=C\CN(c2ccccc2Cl)C(=O)[C@@H]2N(CCCCO)C(=O)[C@H]3[C@H](C(=O)N[C@H](c4ccccc4)CO1)[C@H]1O[C@@]23C=C1Br. The quantitative estimate of drug-likeness (QED) is 0.263. The zero-order valence-electron chi connectivity index (χ0n) is 25.0. The van der Waals surface area contributed by atoms with Crippen LogP contribution < -0.4 is 10.2 Å². The highest BCUT2D eigenvalue weighted by Crippen LogP contribution is 2.59. The summed E-state index contributed by atoms with van der Waals surface area (Å²) in [6, 6.07) is 14.4. The molecule has 4 heterocycles. The van der Waals surface area contributed by atoms with Gasteiger partial charge in [0.25, 0.3) is 5.91 Å². The van der Waals surface area contributed by atoms with Gasteiger partial charge in [-0.3, -0.25) is 19.2 Å². The number of amides is 3. The van der Waals surface area contributed by atoms with Gasteiger partial charge in [-0.15, -0.1) is 0 Å². The predicted molar refractivity (Wildman–Crippen MR) is 174 cm³/mol. The maximum atomic E-state index is 14.8. The Labute approximate surface area is 280 Å². The van der Waals surface area contributed by atoms with Gasteiger partial charge in [-0.25, -0.2) is 0 Å². The van der Waals surface area contributed by atoms with Crippen molar-refractivity contribution in [2.45, 2.75) is 49.5 Å². The van der Waals surface area contributed by atoms with Crippen LogP contribution in [0.25, 0.3) is 0 Å². The fourth-order valence-corrected chi connectivity index (χ4v) is 7.95. The van der Waals surface area contributed by atoms with Crippen molar-refractivity contribution in [3.8, 4) is 0 Å². The molecule has 5 bridgehead atoms. The van der Waals surface area contributed by atoms with E-state index in [-0.39, 0.29) is 38.6 Å². The number of nitrogens with zero attached hydrogens (tertiary/aromatic N) is 2. The van der Waals surface area contributed by atoms with Gasteiger partial charge in [-0.2, -0.15) is 0 Å². The molecule has 2 N–H and O–H groups in total. The highest BCUT2D eigenvalue weighted by Gasteiger charge is 2.74. The largest absolute Gasteiger partial charge is 0.463 e. The van der Waals surface area contributed by atoms with E-state index in [1.165, 1.54) is 9.80 Å². The number of carbonyl (C=O) groups excluding carboxylic acids is 4. The van der Waals surface area contributed by atoms with Crippen LogP contribution in [-0.4, -0.2) is 77.7 Å². The number of unbranched alkanes of at least 4 members (excludes halogenated alkanes) is 1. The number of cyclic esters (lactones) is 1. The number of nitrogens with one attached hydrogen (secondary N) is 1. The number of benzene rings is 2. The van der Waals surface area contributed by atoms with Gasteiger partial charge in [0.1, 0.15) is 24.4 Å². The first kappa shape index (κ1) is 32.4. The van der Waals surface area contributed by atoms with Crippen molar-refractivity contribution in [2.75, 3.05) is 31.2 Å². The summed E-state index contributed by atoms with van der Waals surface area (Å²) >= 11 is 10.2. The summed E-state index contributed by atoms with van der Waals surface area (Å²) in [5, 5.41) is 12.9. The summed E-state index contributed by atoms with van der Waals surface area (Å²) in [7, 11) is 0. The number of aliphatic hydroxyl groups is 1. The van der Waals surface area contributed by atoms with Gasteiger partial charge in [-0.1, -0.05) is 82.1 Å². The second-order valence-corrected chi connectivity index (χ2v) is 13.2. The number of esters is 1. The second-order valence-electron chi connectivity index (χ2n) is 11.9. The third-order valence-electron chi connectivity index (χ3n) is 9.08. The summed E-state index contributed by atoms with van der Waals surface area (Å²) in [6.07, 6.45) is 5.93. The summed E-state index contributed by atoms with van der Waals surface area (Å²) in [4.78, 5) is 59.2. The van der Waals surface area contributed by atoms with Crippen LogP contribution in [0.15, 0.2) is 77.3 Å². The molecule has 242 valence electrons. The number of allylic oxidation sites excluding steroid dienone is 1. The number of halogens is 2. The first-order valence-corrected chi connectivity index (χ1v) is 16.6. The topological polar surface area (TPSA) is 125 Å². The molecule has 2 fully saturated rings. The second kappa shape index (κ2) is 13.7. The Hall–Kier alpha value is -3.51. The normalized spacial score (nSPS) is 30.6. The number of hydrogen-bond donors (Lipinski definition) is 2. The first-order valence-electron chi connectivity index (χ1n) is 15.5. The lowest BCUT2D eigenvalue weighted by atomic mass is 9.74. The monoisotopic (exact) mass is 711 g/mol. The minimum atomic E-state index is -1.43. The summed E-state index contributed by atoms with van der Waals surface area (Å²) in [5.41, 5.74) is -0.235. The molecule has 0 aromatic heterocycles. The number of rotatable bonds is 6. The van der Waals surface area contributed by atoms with E-state index >= 15 is 0 Å². The molecular weight excluding hydrogens is 678 g/mol. The van der Waals surface area contributed by atoms with Crippen LogP contribution in [0.1, 0.15) is 37.3 Å². The molecule has 10 nitrogen and oxygen atoms in total. The Balaban J connectivity index is 1.45. The number of carbonyl (C=O) groups is 4. The number of ether oxygens (including phenoxy) is 2. The van der Waals surface area contributed by atoms with Gasteiger partial charge < -0.3 is 29.7 Å². The summed E-state index contributed by atoms with van der Waals surface area (Å²) in [6.45, 7) is 0.150. The fraction of sp³-hybridized carbons (Fsp3) is 0.412. The van der Waals surface area contributed by atoms with Crippen molar-refractivity contribution in [3.63, 3.8) is 0 Å². The van der Waals surface area contributed by atoms with Crippen LogP contribution in [0.5, 0.6) is 0 Å². The Bertz CT molecular complexity index is 1570. The average Bonchev–Trinajstić information content (AvgIpc) is 3.64. The van der Waals surface area contributed by atoms with Crippen molar-refractivity contribution >= 4 is 56.9 Å². The molecule has 0 radical (unpaired) electrons. The third kappa shape index (κ3) is 5.90. The molecule has 4 aliphatic rings. The van der Waals surface area contributed by atoms with Crippen LogP contribution >= 0.6 is 27.5 Å². The van der Waals surface area contributed by atoms with Crippen LogP contribution in [-0.2, 0) is 28.7 Å². The average molecular weight is 713 g/mol. The van der Waals surface area contributed by atoms with E-state index in [0.717, 1.165) is 5.56 Å². The maximum Gasteiger partial charge on any atom is 0.306 e. The molecule has 2 saturated heterocycles. The highest BCUT2D eigenvalue weighted by atomic mass is 79.9. The van der Waals surface area contributed by atoms with E-state index in [2.05, 4.69) is 21.2 Å². The van der Waals surface area contributed by atoms with Crippen LogP contribution in [0.3, 0.4) is 0 Å². The predicted octanol–water partition coefficient (Wildman–Crippen LogP) is 4.07. The van der Waals surface area contributed by atoms with Crippen molar-refractivity contribution in [1.82, 2.24) is 10.2 Å². The number of fused-ring (bicyclic) bond motifs is 2. The van der Waals surface area contributed by atoms with E-state index in [1.807, 2.05) is 30.3 Å². The molecule has 0 saturated carbocycles. The molecule has 12 heteroatoms. The Morgan fingerprint density at radius 2 is 1.76 bits per heavy atom. The van der Waals surface area contributed by atoms with E-state index in [0.29, 0.717) is 34.5 Å². The summed E-state index contributed by atoms with van der Waals surface area (Å²) < 4.78 is 12.8. The molecule has 46 heavy (non-hydrogen) atoms. The van der Waals surface area contributed by atoms with Gasteiger partial charge in [0.15, 0.2) is 0 Å². The molecule has 0 aliphatic carbocycles. The van der Waals surface area contributed by atoms with Crippen molar-refractivity contribution in [3.05, 3.63) is 87.9 Å². The Morgan fingerprint density at radius 3 is 2.52 bits per heavy atom. The van der Waals surface area contributed by atoms with Crippen molar-refractivity contribution in [2.24, 2.45) is 11.8 Å². The third-order valence-corrected chi connectivity index (χ3v) is 10.1. The molecule has 6 rings (SSSR count). The van der Waals surface area contributed by atoms with Crippen LogP contribution in [0.2, 0.25) is 5.02 Å². The molecule has 4 aliphatic heterocycles. The standard InChI is InChI=1S/C34H35BrClN3O7/c35-22-19-34-28-27(29(22)46-34)31(42)37-24(21-11-3-1-4-12-21)20-45-26(41)15-5-2-8-16-38(25-14-7-6-13-23(25)36)33(44)30(34)39(32(28)43)17-9-10-18-40/h1-4,6-8,11-14,19,24,27-30,40H,5,9-10,15-18,20H2,(H,37,42)/b8-2-/t24-,27-,28+,29-,30-,34+/m0/s1. The van der Waals surface area contributed by atoms with Crippen LogP contribution in [0, 0.1) is 11.8 Å². The number of likely N-dealkylation sites (tertiary alicyclic amines) is 1. The first-order chi connectivity index (χ1) is 22.3. The number of anilines is 1. The number of para-hydroxylation sites is 1. The zero-order chi connectivity index (χ0) is 32.4. The van der Waals surface area contributed by atoms with Crippen LogP contribution in [0.4, 0.5) is 5.69 Å². The summed E-state index contributed by atoms with van der Waals surface area (Å²) in [5.74, 6) is -3.60. The van der Waals surface area contributed by atoms with Crippen molar-refractivity contribution in [1.29, 1.82) is 0 Å². The maximum absolute atomic E-state index is 14.8. The minimum Gasteiger partial charge on any atom is -0.463 e. The number of aliphatic hydroxyl groups excluding tert-OH is 1. The van der Waals surface area contributed by atoms with Gasteiger partial charge >= 0.3 is 5.97 Å². The van der Waals surface area contributed by atoms with Gasteiger partial charge in [0.05, 0.1) is 28.6 Å². The van der Waals surface area contributed by atoms with Gasteiger partial charge in [0, 0.05) is 30.6 Å². The molecule has 6 atom stereocenters. The minimum absolute atomic E-state index is 0.0632. The molecule has 2 aromatic rings. The molecular formula is C34H35BrClN3O7. The smallest absolute Gasteiger partial charge is 0.306 e. The molecule has 3 amide bonds. The van der Waals surface area contributed by atoms with E-state index < -0.39 is 53.4 Å². The van der Waals surface area contributed by atoms with E-state index in [1.54, 1.807) is 42.5 Å². The molecule has 2 aromatic carbocycles. The van der Waals surface area contributed by atoms with Crippen molar-refractivity contribution < 1.29 is 33.8 Å². The zero-order valence-corrected chi connectivity index (χ0v) is 27.4. The van der Waals surface area contributed by atoms with Gasteiger partial charge in [0.2, 0.25) is 11.8 Å². The lowest BCUT2D eigenvalue weighted by molar-refractivity contribution is -0.145. The molecule has 1 spiro atoms. The molecule has 0 unspecified atom stereocenters. The fourth-order valence-electron chi connectivity index (χ4n) is 6.98. The lowest BCUT2D eigenvalue weighted by Gasteiger charge is -2.36. The number of hydrogen-bond acceptors (Lipinski definition) is 7. The lowest BCUT2D eigenvalue weighted by Crippen LogP contribution is -2.56. The Kier molecular flexibility index (Phi) is 9.65.